The number of nitrogens with zero attached hydrogens (tertiary/aromatic N) is 2. The standard InChI is InChI=1S/C15H18N4O2/c1-11-13(10-18-19(11)2)15(21)17-9-8-16-14(20)12-6-4-3-5-7-12/h3-7,10H,8-9H2,1-2H3,(H,16,20)(H,17,21). The van der Waals surface area contributed by atoms with Gasteiger partial charge in [-0.1, -0.05) is 18.2 Å². The molecule has 6 nitrogen and oxygen atoms in total. The van der Waals surface area contributed by atoms with Crippen LogP contribution in [-0.4, -0.2) is 34.7 Å². The van der Waals surface area contributed by atoms with Crippen molar-refractivity contribution in [2.24, 2.45) is 7.05 Å². The second kappa shape index (κ2) is 6.69. The Kier molecular flexibility index (Phi) is 4.71. The van der Waals surface area contributed by atoms with Crippen molar-refractivity contribution < 1.29 is 9.59 Å². The Labute approximate surface area is 123 Å². The van der Waals surface area contributed by atoms with Gasteiger partial charge in [0, 0.05) is 31.4 Å². The summed E-state index contributed by atoms with van der Waals surface area (Å²) in [5, 5.41) is 9.52. The minimum Gasteiger partial charge on any atom is -0.350 e. The summed E-state index contributed by atoms with van der Waals surface area (Å²) in [5.74, 6) is -0.336. The molecule has 1 aromatic heterocycles. The lowest BCUT2D eigenvalue weighted by Crippen LogP contribution is -2.34. The molecule has 21 heavy (non-hydrogen) atoms. The number of benzene rings is 1. The first kappa shape index (κ1) is 14.8. The molecule has 1 heterocycles. The highest BCUT2D eigenvalue weighted by Crippen LogP contribution is 2.04. The molecule has 2 amide bonds. The highest BCUT2D eigenvalue weighted by atomic mass is 16.2. The van der Waals surface area contributed by atoms with Crippen LogP contribution in [0.2, 0.25) is 0 Å². The Hall–Kier alpha value is -2.63. The molecular formula is C15H18N4O2. The zero-order valence-corrected chi connectivity index (χ0v) is 12.1. The molecule has 0 spiro atoms. The first-order chi connectivity index (χ1) is 10.1. The predicted molar refractivity (Wildman–Crippen MR) is 79.1 cm³/mol. The van der Waals surface area contributed by atoms with Crippen LogP contribution in [-0.2, 0) is 7.05 Å². The molecule has 0 saturated heterocycles. The minimum absolute atomic E-state index is 0.151. The van der Waals surface area contributed by atoms with Crippen LogP contribution in [0.5, 0.6) is 0 Å². The maximum atomic E-state index is 11.9. The normalized spacial score (nSPS) is 10.2. The number of aryl methyl sites for hydroxylation is 1. The number of hydrogen-bond donors (Lipinski definition) is 2. The van der Waals surface area contributed by atoms with Crippen molar-refractivity contribution in [1.82, 2.24) is 20.4 Å². The molecule has 0 fully saturated rings. The van der Waals surface area contributed by atoms with Crippen molar-refractivity contribution >= 4 is 11.8 Å². The number of carbonyl (C=O) groups excluding carboxylic acids is 2. The van der Waals surface area contributed by atoms with E-state index in [0.717, 1.165) is 5.69 Å². The van der Waals surface area contributed by atoms with Crippen LogP contribution in [0.3, 0.4) is 0 Å². The molecule has 0 aliphatic rings. The predicted octanol–water partition coefficient (Wildman–Crippen LogP) is 0.888. The van der Waals surface area contributed by atoms with E-state index in [2.05, 4.69) is 15.7 Å². The van der Waals surface area contributed by atoms with E-state index in [0.29, 0.717) is 24.2 Å². The number of rotatable bonds is 5. The number of hydrogen-bond acceptors (Lipinski definition) is 3. The Morgan fingerprint density at radius 3 is 2.29 bits per heavy atom. The molecule has 6 heteroatoms. The van der Waals surface area contributed by atoms with Crippen LogP contribution in [0.1, 0.15) is 26.4 Å². The highest BCUT2D eigenvalue weighted by molar-refractivity contribution is 5.95. The van der Waals surface area contributed by atoms with Gasteiger partial charge in [-0.2, -0.15) is 5.10 Å². The van der Waals surface area contributed by atoms with E-state index in [-0.39, 0.29) is 11.8 Å². The lowest BCUT2D eigenvalue weighted by Gasteiger charge is -2.07. The van der Waals surface area contributed by atoms with Crippen LogP contribution < -0.4 is 10.6 Å². The third-order valence-electron chi connectivity index (χ3n) is 3.21. The molecule has 0 aliphatic heterocycles. The smallest absolute Gasteiger partial charge is 0.254 e. The van der Waals surface area contributed by atoms with Gasteiger partial charge >= 0.3 is 0 Å². The summed E-state index contributed by atoms with van der Waals surface area (Å²) in [6.07, 6.45) is 1.53. The summed E-state index contributed by atoms with van der Waals surface area (Å²) >= 11 is 0. The van der Waals surface area contributed by atoms with Crippen molar-refractivity contribution in [2.75, 3.05) is 13.1 Å². The van der Waals surface area contributed by atoms with Gasteiger partial charge in [0.25, 0.3) is 11.8 Å². The summed E-state index contributed by atoms with van der Waals surface area (Å²) in [6.45, 7) is 2.57. The molecule has 0 saturated carbocycles. The van der Waals surface area contributed by atoms with Gasteiger partial charge < -0.3 is 10.6 Å². The zero-order chi connectivity index (χ0) is 15.2. The average Bonchev–Trinajstić information content (AvgIpc) is 2.84. The molecule has 0 unspecified atom stereocenters. The summed E-state index contributed by atoms with van der Waals surface area (Å²) in [4.78, 5) is 23.7. The summed E-state index contributed by atoms with van der Waals surface area (Å²) in [6, 6.07) is 8.96. The molecule has 110 valence electrons. The SMILES string of the molecule is Cc1c(C(=O)NCCNC(=O)c2ccccc2)cnn1C. The minimum atomic E-state index is -0.186. The summed E-state index contributed by atoms with van der Waals surface area (Å²) in [5.41, 5.74) is 1.96. The number of aromatic nitrogens is 2. The van der Waals surface area contributed by atoms with E-state index >= 15 is 0 Å². The fourth-order valence-electron chi connectivity index (χ4n) is 1.86. The molecule has 1 aromatic carbocycles. The number of nitrogens with one attached hydrogen (secondary N) is 2. The van der Waals surface area contributed by atoms with E-state index in [9.17, 15) is 9.59 Å². The van der Waals surface area contributed by atoms with Gasteiger partial charge in [-0.3, -0.25) is 14.3 Å². The Balaban J connectivity index is 1.76. The molecule has 2 aromatic rings. The van der Waals surface area contributed by atoms with Gasteiger partial charge in [0.1, 0.15) is 0 Å². The maximum absolute atomic E-state index is 11.9. The first-order valence-electron chi connectivity index (χ1n) is 6.69. The van der Waals surface area contributed by atoms with E-state index in [1.54, 1.807) is 23.9 Å². The molecule has 0 atom stereocenters. The van der Waals surface area contributed by atoms with Gasteiger partial charge in [-0.05, 0) is 19.1 Å². The third-order valence-corrected chi connectivity index (χ3v) is 3.21. The first-order valence-corrected chi connectivity index (χ1v) is 6.69. The molecule has 0 radical (unpaired) electrons. The van der Waals surface area contributed by atoms with Gasteiger partial charge in [0.15, 0.2) is 0 Å². The summed E-state index contributed by atoms with van der Waals surface area (Å²) < 4.78 is 1.64. The lowest BCUT2D eigenvalue weighted by atomic mass is 10.2. The maximum Gasteiger partial charge on any atom is 0.254 e. The molecule has 2 rings (SSSR count). The number of carbonyl (C=O) groups is 2. The van der Waals surface area contributed by atoms with Crippen LogP contribution in [0.15, 0.2) is 36.5 Å². The van der Waals surface area contributed by atoms with Crippen molar-refractivity contribution in [3.8, 4) is 0 Å². The topological polar surface area (TPSA) is 76.0 Å². The van der Waals surface area contributed by atoms with Gasteiger partial charge in [0.2, 0.25) is 0 Å². The second-order valence-corrected chi connectivity index (χ2v) is 4.65. The molecule has 0 aliphatic carbocycles. The highest BCUT2D eigenvalue weighted by Gasteiger charge is 2.12. The second-order valence-electron chi connectivity index (χ2n) is 4.65. The Morgan fingerprint density at radius 2 is 1.71 bits per heavy atom. The van der Waals surface area contributed by atoms with E-state index in [1.807, 2.05) is 25.1 Å². The van der Waals surface area contributed by atoms with Crippen LogP contribution in [0.4, 0.5) is 0 Å². The molecule has 0 bridgehead atoms. The third kappa shape index (κ3) is 3.68. The van der Waals surface area contributed by atoms with Gasteiger partial charge in [-0.15, -0.1) is 0 Å². The van der Waals surface area contributed by atoms with Gasteiger partial charge in [0.05, 0.1) is 11.8 Å². The molecular weight excluding hydrogens is 268 g/mol. The fourth-order valence-corrected chi connectivity index (χ4v) is 1.86. The monoisotopic (exact) mass is 286 g/mol. The van der Waals surface area contributed by atoms with Crippen molar-refractivity contribution in [3.63, 3.8) is 0 Å². The van der Waals surface area contributed by atoms with Gasteiger partial charge in [-0.25, -0.2) is 0 Å². The van der Waals surface area contributed by atoms with Crippen LogP contribution >= 0.6 is 0 Å². The largest absolute Gasteiger partial charge is 0.350 e. The van der Waals surface area contributed by atoms with E-state index < -0.39 is 0 Å². The van der Waals surface area contributed by atoms with Crippen LogP contribution in [0.25, 0.3) is 0 Å². The Morgan fingerprint density at radius 1 is 1.10 bits per heavy atom. The lowest BCUT2D eigenvalue weighted by molar-refractivity contribution is 0.0927. The fraction of sp³-hybridized carbons (Fsp3) is 0.267. The van der Waals surface area contributed by atoms with Crippen molar-refractivity contribution in [3.05, 3.63) is 53.3 Å². The van der Waals surface area contributed by atoms with Crippen LogP contribution in [0, 0.1) is 6.92 Å². The molecule has 2 N–H and O–H groups in total. The zero-order valence-electron chi connectivity index (χ0n) is 12.1. The van der Waals surface area contributed by atoms with E-state index in [4.69, 9.17) is 0 Å². The van der Waals surface area contributed by atoms with Crippen molar-refractivity contribution in [2.45, 2.75) is 6.92 Å². The van der Waals surface area contributed by atoms with E-state index in [1.165, 1.54) is 6.20 Å². The Bertz CT molecular complexity index is 634. The average molecular weight is 286 g/mol. The number of amides is 2. The quantitative estimate of drug-likeness (QED) is 0.801. The summed E-state index contributed by atoms with van der Waals surface area (Å²) in [7, 11) is 1.78. The van der Waals surface area contributed by atoms with Crippen molar-refractivity contribution in [1.29, 1.82) is 0 Å².